The van der Waals surface area contributed by atoms with E-state index in [1.807, 2.05) is 60.7 Å². The van der Waals surface area contributed by atoms with Gasteiger partial charge in [0.25, 0.3) is 0 Å². The molecule has 0 bridgehead atoms. The van der Waals surface area contributed by atoms with Crippen molar-refractivity contribution < 1.29 is 9.53 Å². The van der Waals surface area contributed by atoms with Gasteiger partial charge in [0, 0.05) is 23.4 Å². The van der Waals surface area contributed by atoms with E-state index in [1.165, 1.54) is 4.80 Å². The van der Waals surface area contributed by atoms with E-state index in [2.05, 4.69) is 20.4 Å². The van der Waals surface area contributed by atoms with Crippen molar-refractivity contribution >= 4 is 5.78 Å². The smallest absolute Gasteiger partial charge is 0.223 e. The van der Waals surface area contributed by atoms with Gasteiger partial charge >= 0.3 is 0 Å². The van der Waals surface area contributed by atoms with Gasteiger partial charge in [-0.1, -0.05) is 30.3 Å². The predicted octanol–water partition coefficient (Wildman–Crippen LogP) is 3.60. The van der Waals surface area contributed by atoms with Crippen LogP contribution in [0.3, 0.4) is 0 Å². The molecule has 0 fully saturated rings. The first-order chi connectivity index (χ1) is 13.7. The fraction of sp³-hybridized carbons (Fsp3) is 0.0952. The SMILES string of the molecule is COc1cc(-n2nnc(-c3ccccn3)n2)ccc1-c1ccccc1C(C)=O. The van der Waals surface area contributed by atoms with Crippen LogP contribution < -0.4 is 4.74 Å². The van der Waals surface area contributed by atoms with Crippen molar-refractivity contribution in [3.8, 4) is 34.1 Å². The van der Waals surface area contributed by atoms with Gasteiger partial charge in [0.15, 0.2) is 5.78 Å². The number of benzene rings is 2. The molecular weight excluding hydrogens is 354 g/mol. The van der Waals surface area contributed by atoms with Crippen LogP contribution in [0.2, 0.25) is 0 Å². The molecule has 0 saturated carbocycles. The normalized spacial score (nSPS) is 10.6. The standard InChI is InChI=1S/C21H17N5O2/c1-14(27)16-7-3-4-8-17(16)18-11-10-15(13-20(18)28-2)26-24-21(23-25-26)19-9-5-6-12-22-19/h3-13H,1-2H3. The Hall–Kier alpha value is -3.87. The Balaban J connectivity index is 1.75. The highest BCUT2D eigenvalue weighted by molar-refractivity contribution is 6.01. The number of rotatable bonds is 5. The fourth-order valence-electron chi connectivity index (χ4n) is 2.97. The Morgan fingerprint density at radius 3 is 2.57 bits per heavy atom. The molecule has 2 aromatic heterocycles. The molecule has 0 amide bonds. The van der Waals surface area contributed by atoms with E-state index < -0.39 is 0 Å². The van der Waals surface area contributed by atoms with E-state index in [0.717, 1.165) is 11.1 Å². The van der Waals surface area contributed by atoms with Gasteiger partial charge in [-0.3, -0.25) is 9.78 Å². The lowest BCUT2D eigenvalue weighted by molar-refractivity contribution is 0.101. The fourth-order valence-corrected chi connectivity index (χ4v) is 2.97. The van der Waals surface area contributed by atoms with Crippen LogP contribution in [-0.4, -0.2) is 38.1 Å². The number of tetrazole rings is 1. The number of carbonyl (C=O) groups is 1. The van der Waals surface area contributed by atoms with Gasteiger partial charge in [-0.25, -0.2) is 0 Å². The summed E-state index contributed by atoms with van der Waals surface area (Å²) in [5, 5.41) is 12.6. The van der Waals surface area contributed by atoms with Crippen molar-refractivity contribution in [1.82, 2.24) is 25.2 Å². The third kappa shape index (κ3) is 3.25. The van der Waals surface area contributed by atoms with Crippen LogP contribution >= 0.6 is 0 Å². The molecule has 0 N–H and O–H groups in total. The lowest BCUT2D eigenvalue weighted by atomic mass is 9.96. The highest BCUT2D eigenvalue weighted by Gasteiger charge is 2.15. The van der Waals surface area contributed by atoms with Gasteiger partial charge in [0.05, 0.1) is 12.8 Å². The van der Waals surface area contributed by atoms with Crippen LogP contribution in [0.25, 0.3) is 28.3 Å². The summed E-state index contributed by atoms with van der Waals surface area (Å²) in [6, 6.07) is 18.5. The molecule has 2 aromatic carbocycles. The third-order valence-electron chi connectivity index (χ3n) is 4.32. The summed E-state index contributed by atoms with van der Waals surface area (Å²) in [5.74, 6) is 1.05. The minimum absolute atomic E-state index is 0.000301. The van der Waals surface area contributed by atoms with Crippen LogP contribution in [0.15, 0.2) is 66.9 Å². The first-order valence-corrected chi connectivity index (χ1v) is 8.67. The molecule has 0 spiro atoms. The quantitative estimate of drug-likeness (QED) is 0.499. The Kier molecular flexibility index (Phi) is 4.63. The first kappa shape index (κ1) is 17.5. The maximum atomic E-state index is 12.0. The molecule has 4 rings (SSSR count). The van der Waals surface area contributed by atoms with Crippen molar-refractivity contribution in [2.24, 2.45) is 0 Å². The number of nitrogens with zero attached hydrogens (tertiary/aromatic N) is 5. The average molecular weight is 371 g/mol. The van der Waals surface area contributed by atoms with E-state index in [4.69, 9.17) is 4.74 Å². The minimum atomic E-state index is -0.000301. The molecule has 28 heavy (non-hydrogen) atoms. The molecule has 0 aliphatic heterocycles. The molecule has 0 saturated heterocycles. The Labute approximate surface area is 161 Å². The van der Waals surface area contributed by atoms with Crippen LogP contribution in [0.5, 0.6) is 5.75 Å². The predicted molar refractivity (Wildman–Crippen MR) is 104 cm³/mol. The number of hydrogen-bond acceptors (Lipinski definition) is 6. The number of hydrogen-bond donors (Lipinski definition) is 0. The van der Waals surface area contributed by atoms with Gasteiger partial charge in [0.2, 0.25) is 5.82 Å². The molecule has 138 valence electrons. The zero-order valence-corrected chi connectivity index (χ0v) is 15.4. The van der Waals surface area contributed by atoms with Crippen LogP contribution in [0, 0.1) is 0 Å². The van der Waals surface area contributed by atoms with E-state index in [0.29, 0.717) is 28.5 Å². The van der Waals surface area contributed by atoms with Crippen LogP contribution in [0.1, 0.15) is 17.3 Å². The lowest BCUT2D eigenvalue weighted by Crippen LogP contribution is -2.02. The zero-order valence-electron chi connectivity index (χ0n) is 15.4. The van der Waals surface area contributed by atoms with Crippen molar-refractivity contribution in [2.75, 3.05) is 7.11 Å². The van der Waals surface area contributed by atoms with Crippen LogP contribution in [0.4, 0.5) is 0 Å². The molecule has 0 atom stereocenters. The van der Waals surface area contributed by atoms with Gasteiger partial charge in [-0.2, -0.15) is 0 Å². The number of carbonyl (C=O) groups excluding carboxylic acids is 1. The molecule has 7 nitrogen and oxygen atoms in total. The van der Waals surface area contributed by atoms with Crippen molar-refractivity contribution in [3.05, 3.63) is 72.4 Å². The van der Waals surface area contributed by atoms with Crippen molar-refractivity contribution in [2.45, 2.75) is 6.92 Å². The Morgan fingerprint density at radius 2 is 1.82 bits per heavy atom. The monoisotopic (exact) mass is 371 g/mol. The molecule has 4 aromatic rings. The first-order valence-electron chi connectivity index (χ1n) is 8.67. The van der Waals surface area contributed by atoms with E-state index in [-0.39, 0.29) is 5.78 Å². The second-order valence-corrected chi connectivity index (χ2v) is 6.10. The number of aromatic nitrogens is 5. The lowest BCUT2D eigenvalue weighted by Gasteiger charge is -2.13. The van der Waals surface area contributed by atoms with E-state index in [9.17, 15) is 4.79 Å². The summed E-state index contributed by atoms with van der Waals surface area (Å²) < 4.78 is 5.58. The topological polar surface area (TPSA) is 82.8 Å². The van der Waals surface area contributed by atoms with E-state index in [1.54, 1.807) is 20.2 Å². The van der Waals surface area contributed by atoms with E-state index >= 15 is 0 Å². The summed E-state index contributed by atoms with van der Waals surface area (Å²) in [6.45, 7) is 1.55. The summed E-state index contributed by atoms with van der Waals surface area (Å²) in [4.78, 5) is 17.6. The number of methoxy groups -OCH3 is 1. The zero-order chi connectivity index (χ0) is 19.5. The van der Waals surface area contributed by atoms with Crippen LogP contribution in [-0.2, 0) is 0 Å². The molecule has 0 aliphatic carbocycles. The Bertz CT molecular complexity index is 1140. The number of pyridine rings is 1. The average Bonchev–Trinajstić information content (AvgIpc) is 3.24. The second-order valence-electron chi connectivity index (χ2n) is 6.10. The number of ether oxygens (including phenoxy) is 1. The molecular formula is C21H17N5O2. The minimum Gasteiger partial charge on any atom is -0.496 e. The summed E-state index contributed by atoms with van der Waals surface area (Å²) in [6.07, 6.45) is 1.68. The molecule has 2 heterocycles. The highest BCUT2D eigenvalue weighted by Crippen LogP contribution is 2.34. The van der Waals surface area contributed by atoms with Gasteiger partial charge in [-0.15, -0.1) is 15.0 Å². The maximum absolute atomic E-state index is 12.0. The summed E-state index contributed by atoms with van der Waals surface area (Å²) in [5.41, 5.74) is 3.62. The highest BCUT2D eigenvalue weighted by atomic mass is 16.5. The summed E-state index contributed by atoms with van der Waals surface area (Å²) in [7, 11) is 1.59. The van der Waals surface area contributed by atoms with Gasteiger partial charge < -0.3 is 4.74 Å². The molecule has 0 unspecified atom stereocenters. The second kappa shape index (κ2) is 7.40. The molecule has 0 radical (unpaired) electrons. The molecule has 0 aliphatic rings. The van der Waals surface area contributed by atoms with Gasteiger partial charge in [-0.05, 0) is 42.0 Å². The number of ketones is 1. The Morgan fingerprint density at radius 1 is 1.00 bits per heavy atom. The van der Waals surface area contributed by atoms with Gasteiger partial charge in [0.1, 0.15) is 11.4 Å². The summed E-state index contributed by atoms with van der Waals surface area (Å²) >= 11 is 0. The third-order valence-corrected chi connectivity index (χ3v) is 4.32. The largest absolute Gasteiger partial charge is 0.496 e. The molecule has 7 heteroatoms. The maximum Gasteiger partial charge on any atom is 0.223 e. The number of Topliss-reactive ketones (excluding diaryl/α,β-unsaturated/α-hetero) is 1. The van der Waals surface area contributed by atoms with Crippen molar-refractivity contribution in [1.29, 1.82) is 0 Å². The van der Waals surface area contributed by atoms with Crippen molar-refractivity contribution in [3.63, 3.8) is 0 Å².